The highest BCUT2D eigenvalue weighted by atomic mass is 16.2. The number of benzene rings is 2. The molecule has 0 saturated carbocycles. The summed E-state index contributed by atoms with van der Waals surface area (Å²) < 4.78 is 0. The summed E-state index contributed by atoms with van der Waals surface area (Å²) in [6.07, 6.45) is 1.14. The highest BCUT2D eigenvalue weighted by Crippen LogP contribution is 2.24. The van der Waals surface area contributed by atoms with Gasteiger partial charge in [0.1, 0.15) is 0 Å². The van der Waals surface area contributed by atoms with E-state index in [1.165, 1.54) is 0 Å². The van der Waals surface area contributed by atoms with Gasteiger partial charge in [0.2, 0.25) is 5.91 Å². The number of para-hydroxylation sites is 2. The first-order valence-corrected chi connectivity index (χ1v) is 6.55. The normalized spacial score (nSPS) is 9.71. The van der Waals surface area contributed by atoms with Crippen molar-refractivity contribution in [2.45, 2.75) is 0 Å². The Balaban J connectivity index is 2.27. The zero-order chi connectivity index (χ0) is 15.1. The summed E-state index contributed by atoms with van der Waals surface area (Å²) in [5.41, 5.74) is 1.50. The lowest BCUT2D eigenvalue weighted by Gasteiger charge is -2.23. The molecule has 0 atom stereocenters. The quantitative estimate of drug-likeness (QED) is 0.856. The van der Waals surface area contributed by atoms with Crippen LogP contribution in [0.5, 0.6) is 0 Å². The van der Waals surface area contributed by atoms with E-state index < -0.39 is 0 Å². The van der Waals surface area contributed by atoms with Crippen LogP contribution in [0.3, 0.4) is 0 Å². The number of nitrogens with zero attached hydrogens (tertiary/aromatic N) is 1. The average molecular weight is 280 g/mol. The summed E-state index contributed by atoms with van der Waals surface area (Å²) >= 11 is 0. The van der Waals surface area contributed by atoms with Crippen molar-refractivity contribution in [2.75, 3.05) is 11.4 Å². The molecular weight excluding hydrogens is 264 g/mol. The third kappa shape index (κ3) is 3.79. The van der Waals surface area contributed by atoms with Crippen LogP contribution >= 0.6 is 0 Å². The number of carbonyl (C=O) groups excluding carboxylic acids is 2. The van der Waals surface area contributed by atoms with E-state index in [0.29, 0.717) is 0 Å². The average Bonchev–Trinajstić information content (AvgIpc) is 2.55. The molecule has 4 heteroatoms. The summed E-state index contributed by atoms with van der Waals surface area (Å²) in [4.78, 5) is 25.2. The van der Waals surface area contributed by atoms with Crippen molar-refractivity contribution >= 4 is 23.2 Å². The van der Waals surface area contributed by atoms with Gasteiger partial charge in [0, 0.05) is 11.4 Å². The third-order valence-corrected chi connectivity index (χ3v) is 2.88. The summed E-state index contributed by atoms with van der Waals surface area (Å²) in [5.74, 6) is -0.591. The van der Waals surface area contributed by atoms with Crippen molar-refractivity contribution in [3.63, 3.8) is 0 Å². The maximum atomic E-state index is 12.4. The molecule has 0 radical (unpaired) electrons. The standard InChI is InChI=1S/C17H16N2O2/c1-2-16(20)18-13-17(21)19(14-9-5-3-6-10-14)15-11-7-4-8-12-15/h2-12H,1,13H2,(H,18,20). The molecule has 2 rings (SSSR count). The number of carbonyl (C=O) groups is 2. The van der Waals surface area contributed by atoms with E-state index in [4.69, 9.17) is 0 Å². The summed E-state index contributed by atoms with van der Waals surface area (Å²) in [6, 6.07) is 18.6. The van der Waals surface area contributed by atoms with Gasteiger partial charge >= 0.3 is 0 Å². The number of amides is 2. The van der Waals surface area contributed by atoms with Gasteiger partial charge in [0.25, 0.3) is 5.91 Å². The molecule has 0 unspecified atom stereocenters. The lowest BCUT2D eigenvalue weighted by molar-refractivity contribution is -0.121. The third-order valence-electron chi connectivity index (χ3n) is 2.88. The minimum Gasteiger partial charge on any atom is -0.343 e. The molecule has 0 aromatic heterocycles. The maximum absolute atomic E-state index is 12.4. The lowest BCUT2D eigenvalue weighted by Crippen LogP contribution is -2.37. The second-order valence-electron chi connectivity index (χ2n) is 4.32. The van der Waals surface area contributed by atoms with E-state index in [1.54, 1.807) is 4.90 Å². The van der Waals surface area contributed by atoms with E-state index in [9.17, 15) is 9.59 Å². The zero-order valence-electron chi connectivity index (χ0n) is 11.5. The van der Waals surface area contributed by atoms with E-state index >= 15 is 0 Å². The number of hydrogen-bond donors (Lipinski definition) is 1. The molecule has 21 heavy (non-hydrogen) atoms. The molecule has 1 N–H and O–H groups in total. The second kappa shape index (κ2) is 7.05. The van der Waals surface area contributed by atoms with Crippen molar-refractivity contribution in [1.29, 1.82) is 0 Å². The molecule has 0 spiro atoms. The van der Waals surface area contributed by atoms with Gasteiger partial charge in [-0.3, -0.25) is 14.5 Å². The molecule has 0 fully saturated rings. The topological polar surface area (TPSA) is 49.4 Å². The van der Waals surface area contributed by atoms with Gasteiger partial charge in [0.05, 0.1) is 6.54 Å². The first-order valence-electron chi connectivity index (χ1n) is 6.55. The molecule has 0 saturated heterocycles. The Kier molecular flexibility index (Phi) is 4.88. The maximum Gasteiger partial charge on any atom is 0.250 e. The van der Waals surface area contributed by atoms with Crippen molar-refractivity contribution < 1.29 is 9.59 Å². The second-order valence-corrected chi connectivity index (χ2v) is 4.32. The molecule has 4 nitrogen and oxygen atoms in total. The van der Waals surface area contributed by atoms with Gasteiger partial charge in [-0.1, -0.05) is 43.0 Å². The van der Waals surface area contributed by atoms with Crippen molar-refractivity contribution in [2.24, 2.45) is 0 Å². The molecule has 0 heterocycles. The molecule has 2 amide bonds. The molecule has 2 aromatic rings. The van der Waals surface area contributed by atoms with E-state index in [2.05, 4.69) is 11.9 Å². The van der Waals surface area contributed by atoms with Crippen LogP contribution in [-0.2, 0) is 9.59 Å². The predicted octanol–water partition coefficient (Wildman–Crippen LogP) is 2.65. The van der Waals surface area contributed by atoms with E-state index in [-0.39, 0.29) is 18.4 Å². The van der Waals surface area contributed by atoms with E-state index in [0.717, 1.165) is 17.5 Å². The van der Waals surface area contributed by atoms with E-state index in [1.807, 2.05) is 60.7 Å². The first kappa shape index (κ1) is 14.5. The predicted molar refractivity (Wildman–Crippen MR) is 83.2 cm³/mol. The Hall–Kier alpha value is -2.88. The summed E-state index contributed by atoms with van der Waals surface area (Å²) in [5, 5.41) is 2.50. The minimum atomic E-state index is -0.371. The van der Waals surface area contributed by atoms with Gasteiger partial charge in [-0.25, -0.2) is 0 Å². The fourth-order valence-electron chi connectivity index (χ4n) is 1.91. The van der Waals surface area contributed by atoms with Crippen LogP contribution in [0, 0.1) is 0 Å². The highest BCUT2D eigenvalue weighted by Gasteiger charge is 2.17. The Bertz CT molecular complexity index is 584. The first-order chi connectivity index (χ1) is 10.2. The molecule has 2 aromatic carbocycles. The molecule has 0 aliphatic rings. The fourth-order valence-corrected chi connectivity index (χ4v) is 1.91. The van der Waals surface area contributed by atoms with Crippen molar-refractivity contribution in [3.8, 4) is 0 Å². The lowest BCUT2D eigenvalue weighted by atomic mass is 10.2. The van der Waals surface area contributed by atoms with Crippen LogP contribution in [0.2, 0.25) is 0 Å². The van der Waals surface area contributed by atoms with Crippen LogP contribution < -0.4 is 10.2 Å². The van der Waals surface area contributed by atoms with Crippen molar-refractivity contribution in [1.82, 2.24) is 5.32 Å². The Morgan fingerprint density at radius 2 is 1.43 bits per heavy atom. The number of hydrogen-bond acceptors (Lipinski definition) is 2. The summed E-state index contributed by atoms with van der Waals surface area (Å²) in [7, 11) is 0. The smallest absolute Gasteiger partial charge is 0.250 e. The van der Waals surface area contributed by atoms with Gasteiger partial charge in [0.15, 0.2) is 0 Å². The SMILES string of the molecule is C=CC(=O)NCC(=O)N(c1ccccc1)c1ccccc1. The summed E-state index contributed by atoms with van der Waals surface area (Å²) in [6.45, 7) is 3.27. The number of anilines is 2. The van der Waals surface area contributed by atoms with Crippen LogP contribution in [0.25, 0.3) is 0 Å². The van der Waals surface area contributed by atoms with Crippen LogP contribution in [0.1, 0.15) is 0 Å². The van der Waals surface area contributed by atoms with Gasteiger partial charge in [-0.05, 0) is 30.3 Å². The Labute approximate surface area is 123 Å². The monoisotopic (exact) mass is 280 g/mol. The van der Waals surface area contributed by atoms with Crippen LogP contribution in [0.4, 0.5) is 11.4 Å². The Morgan fingerprint density at radius 1 is 0.952 bits per heavy atom. The molecule has 0 aliphatic heterocycles. The minimum absolute atomic E-state index is 0.0886. The van der Waals surface area contributed by atoms with Crippen LogP contribution in [0.15, 0.2) is 73.3 Å². The largest absolute Gasteiger partial charge is 0.343 e. The van der Waals surface area contributed by atoms with Crippen LogP contribution in [-0.4, -0.2) is 18.4 Å². The zero-order valence-corrected chi connectivity index (χ0v) is 11.5. The highest BCUT2D eigenvalue weighted by molar-refractivity contribution is 6.03. The molecule has 106 valence electrons. The van der Waals surface area contributed by atoms with Gasteiger partial charge < -0.3 is 5.32 Å². The van der Waals surface area contributed by atoms with Crippen molar-refractivity contribution in [3.05, 3.63) is 73.3 Å². The molecule has 0 aliphatic carbocycles. The molecular formula is C17H16N2O2. The fraction of sp³-hybridized carbons (Fsp3) is 0.0588. The molecule has 0 bridgehead atoms. The number of nitrogens with one attached hydrogen (secondary N) is 1. The van der Waals surface area contributed by atoms with Gasteiger partial charge in [-0.2, -0.15) is 0 Å². The van der Waals surface area contributed by atoms with Gasteiger partial charge in [-0.15, -0.1) is 0 Å². The number of rotatable bonds is 5. The Morgan fingerprint density at radius 3 is 1.86 bits per heavy atom.